The summed E-state index contributed by atoms with van der Waals surface area (Å²) < 4.78 is 0. The SMILES string of the molecule is CC(=CC(=O)O)c1ccc(CC(C)C)cc1. The average molecular weight is 218 g/mol. The fourth-order valence-corrected chi connectivity index (χ4v) is 1.64. The lowest BCUT2D eigenvalue weighted by molar-refractivity contribution is -0.131. The maximum absolute atomic E-state index is 10.5. The first-order chi connectivity index (χ1) is 7.49. The Morgan fingerprint density at radius 2 is 1.88 bits per heavy atom. The second-order valence-electron chi connectivity index (χ2n) is 4.46. The van der Waals surface area contributed by atoms with Crippen LogP contribution in [0.5, 0.6) is 0 Å². The first-order valence-corrected chi connectivity index (χ1v) is 5.49. The predicted octanol–water partition coefficient (Wildman–Crippen LogP) is 3.37. The summed E-state index contributed by atoms with van der Waals surface area (Å²) >= 11 is 0. The van der Waals surface area contributed by atoms with E-state index in [1.165, 1.54) is 11.6 Å². The number of carbonyl (C=O) groups is 1. The first-order valence-electron chi connectivity index (χ1n) is 5.49. The molecule has 0 aliphatic rings. The summed E-state index contributed by atoms with van der Waals surface area (Å²) in [7, 11) is 0. The standard InChI is InChI=1S/C14H18O2/c1-10(2)8-12-4-6-13(7-5-12)11(3)9-14(15)16/h4-7,9-10H,8H2,1-3H3,(H,15,16). The third-order valence-electron chi connectivity index (χ3n) is 2.39. The van der Waals surface area contributed by atoms with E-state index >= 15 is 0 Å². The summed E-state index contributed by atoms with van der Waals surface area (Å²) in [5, 5.41) is 8.64. The highest BCUT2D eigenvalue weighted by Crippen LogP contribution is 2.16. The summed E-state index contributed by atoms with van der Waals surface area (Å²) in [5.74, 6) is -0.259. The van der Waals surface area contributed by atoms with E-state index in [9.17, 15) is 4.79 Å². The Morgan fingerprint density at radius 3 is 2.31 bits per heavy atom. The molecule has 1 aromatic rings. The van der Waals surface area contributed by atoms with Crippen LogP contribution in [0, 0.1) is 5.92 Å². The molecular weight excluding hydrogens is 200 g/mol. The molecule has 0 aliphatic carbocycles. The van der Waals surface area contributed by atoms with Crippen molar-refractivity contribution in [2.24, 2.45) is 5.92 Å². The van der Waals surface area contributed by atoms with Crippen molar-refractivity contribution < 1.29 is 9.90 Å². The average Bonchev–Trinajstić information content (AvgIpc) is 2.16. The monoisotopic (exact) mass is 218 g/mol. The molecule has 0 fully saturated rings. The molecule has 0 spiro atoms. The van der Waals surface area contributed by atoms with E-state index in [-0.39, 0.29) is 0 Å². The Hall–Kier alpha value is -1.57. The van der Waals surface area contributed by atoms with Crippen molar-refractivity contribution in [1.82, 2.24) is 0 Å². The van der Waals surface area contributed by atoms with Gasteiger partial charge in [-0.25, -0.2) is 4.79 Å². The van der Waals surface area contributed by atoms with Gasteiger partial charge in [0.1, 0.15) is 0 Å². The van der Waals surface area contributed by atoms with Gasteiger partial charge in [0.25, 0.3) is 0 Å². The third-order valence-corrected chi connectivity index (χ3v) is 2.39. The quantitative estimate of drug-likeness (QED) is 0.787. The molecule has 1 rings (SSSR count). The molecule has 0 aromatic heterocycles. The second-order valence-corrected chi connectivity index (χ2v) is 4.46. The largest absolute Gasteiger partial charge is 0.478 e. The normalized spacial score (nSPS) is 11.9. The zero-order valence-corrected chi connectivity index (χ0v) is 10.0. The van der Waals surface area contributed by atoms with Gasteiger partial charge in [-0.3, -0.25) is 0 Å². The van der Waals surface area contributed by atoms with Gasteiger partial charge < -0.3 is 5.11 Å². The number of benzene rings is 1. The number of carboxylic acid groups (broad SMARTS) is 1. The molecule has 0 unspecified atom stereocenters. The van der Waals surface area contributed by atoms with E-state index < -0.39 is 5.97 Å². The lowest BCUT2D eigenvalue weighted by Gasteiger charge is -2.06. The summed E-state index contributed by atoms with van der Waals surface area (Å²) in [6, 6.07) is 8.09. The van der Waals surface area contributed by atoms with E-state index in [1.54, 1.807) is 0 Å². The number of allylic oxidation sites excluding steroid dienone is 1. The van der Waals surface area contributed by atoms with Crippen molar-refractivity contribution in [2.45, 2.75) is 27.2 Å². The van der Waals surface area contributed by atoms with Gasteiger partial charge in [0.15, 0.2) is 0 Å². The minimum Gasteiger partial charge on any atom is -0.478 e. The molecule has 0 bridgehead atoms. The maximum atomic E-state index is 10.5. The third kappa shape index (κ3) is 3.89. The summed E-state index contributed by atoms with van der Waals surface area (Å²) in [5.41, 5.74) is 3.04. The molecule has 2 heteroatoms. The van der Waals surface area contributed by atoms with Crippen molar-refractivity contribution in [2.75, 3.05) is 0 Å². The lowest BCUT2D eigenvalue weighted by atomic mass is 9.99. The molecule has 0 saturated heterocycles. The van der Waals surface area contributed by atoms with Crippen LogP contribution in [-0.2, 0) is 11.2 Å². The van der Waals surface area contributed by atoms with Crippen molar-refractivity contribution in [1.29, 1.82) is 0 Å². The van der Waals surface area contributed by atoms with Gasteiger partial charge in [-0.2, -0.15) is 0 Å². The van der Waals surface area contributed by atoms with Crippen LogP contribution in [0.25, 0.3) is 5.57 Å². The van der Waals surface area contributed by atoms with Crippen LogP contribution in [0.3, 0.4) is 0 Å². The van der Waals surface area contributed by atoms with Gasteiger partial charge in [-0.15, -0.1) is 0 Å². The number of carboxylic acids is 1. The smallest absolute Gasteiger partial charge is 0.328 e. The van der Waals surface area contributed by atoms with Crippen molar-refractivity contribution >= 4 is 11.5 Å². The fourth-order valence-electron chi connectivity index (χ4n) is 1.64. The van der Waals surface area contributed by atoms with Crippen LogP contribution >= 0.6 is 0 Å². The molecule has 2 nitrogen and oxygen atoms in total. The molecule has 0 heterocycles. The lowest BCUT2D eigenvalue weighted by Crippen LogP contribution is -1.94. The van der Waals surface area contributed by atoms with Crippen LogP contribution in [0.4, 0.5) is 0 Å². The van der Waals surface area contributed by atoms with Gasteiger partial charge >= 0.3 is 5.97 Å². The Balaban J connectivity index is 2.82. The first kappa shape index (κ1) is 12.5. The molecule has 0 atom stereocenters. The Bertz CT molecular complexity index is 386. The van der Waals surface area contributed by atoms with Crippen LogP contribution in [0.2, 0.25) is 0 Å². The van der Waals surface area contributed by atoms with E-state index in [0.29, 0.717) is 5.92 Å². The van der Waals surface area contributed by atoms with Crippen LogP contribution in [0.1, 0.15) is 31.9 Å². The van der Waals surface area contributed by atoms with Crippen LogP contribution < -0.4 is 0 Å². The molecule has 0 saturated carbocycles. The van der Waals surface area contributed by atoms with Gasteiger partial charge in [-0.05, 0) is 36.0 Å². The summed E-state index contributed by atoms with van der Waals surface area (Å²) in [6.45, 7) is 6.18. The Morgan fingerprint density at radius 1 is 1.31 bits per heavy atom. The maximum Gasteiger partial charge on any atom is 0.328 e. The van der Waals surface area contributed by atoms with Gasteiger partial charge in [0.05, 0.1) is 0 Å². The number of rotatable bonds is 4. The Labute approximate surface area is 96.6 Å². The van der Waals surface area contributed by atoms with Gasteiger partial charge in [0.2, 0.25) is 0 Å². The van der Waals surface area contributed by atoms with Crippen molar-refractivity contribution in [3.05, 3.63) is 41.5 Å². The summed E-state index contributed by atoms with van der Waals surface area (Å²) in [6.07, 6.45) is 2.29. The minimum atomic E-state index is -0.899. The van der Waals surface area contributed by atoms with Gasteiger partial charge in [0, 0.05) is 6.08 Å². The molecular formula is C14H18O2. The molecule has 1 aromatic carbocycles. The number of hydrogen-bond acceptors (Lipinski definition) is 1. The molecule has 0 radical (unpaired) electrons. The second kappa shape index (κ2) is 5.50. The summed E-state index contributed by atoms with van der Waals surface area (Å²) in [4.78, 5) is 10.5. The van der Waals surface area contributed by atoms with Crippen molar-refractivity contribution in [3.8, 4) is 0 Å². The predicted molar refractivity (Wildman–Crippen MR) is 66.3 cm³/mol. The van der Waals surface area contributed by atoms with Crippen molar-refractivity contribution in [3.63, 3.8) is 0 Å². The van der Waals surface area contributed by atoms with Gasteiger partial charge in [-0.1, -0.05) is 38.1 Å². The fraction of sp³-hybridized carbons (Fsp3) is 0.357. The zero-order valence-electron chi connectivity index (χ0n) is 10.0. The topological polar surface area (TPSA) is 37.3 Å². The van der Waals surface area contributed by atoms with E-state index in [0.717, 1.165) is 17.6 Å². The van der Waals surface area contributed by atoms with Crippen LogP contribution in [0.15, 0.2) is 30.3 Å². The number of aliphatic carboxylic acids is 1. The number of hydrogen-bond donors (Lipinski definition) is 1. The van der Waals surface area contributed by atoms with E-state index in [4.69, 9.17) is 5.11 Å². The highest BCUT2D eigenvalue weighted by Gasteiger charge is 2.00. The minimum absolute atomic E-state index is 0.640. The molecule has 16 heavy (non-hydrogen) atoms. The molecule has 0 aliphatic heterocycles. The highest BCUT2D eigenvalue weighted by molar-refractivity contribution is 5.89. The molecule has 1 N–H and O–H groups in total. The van der Waals surface area contributed by atoms with E-state index in [1.807, 2.05) is 19.1 Å². The highest BCUT2D eigenvalue weighted by atomic mass is 16.4. The molecule has 0 amide bonds. The Kier molecular flexibility index (Phi) is 4.29. The van der Waals surface area contributed by atoms with E-state index in [2.05, 4.69) is 26.0 Å². The van der Waals surface area contributed by atoms with Crippen LogP contribution in [-0.4, -0.2) is 11.1 Å². The molecule has 86 valence electrons. The zero-order chi connectivity index (χ0) is 12.1.